The summed E-state index contributed by atoms with van der Waals surface area (Å²) in [5.41, 5.74) is 6.40. The van der Waals surface area contributed by atoms with Crippen LogP contribution in [0.4, 0.5) is 0 Å². The van der Waals surface area contributed by atoms with Gasteiger partial charge in [-0.2, -0.15) is 0 Å². The number of hydrogen-bond donors (Lipinski definition) is 1. The molecule has 0 aliphatic heterocycles. The van der Waals surface area contributed by atoms with Crippen molar-refractivity contribution in [2.45, 2.75) is 6.42 Å². The zero-order chi connectivity index (χ0) is 15.1. The molecule has 0 saturated carbocycles. The van der Waals surface area contributed by atoms with Gasteiger partial charge in [-0.15, -0.1) is 0 Å². The van der Waals surface area contributed by atoms with E-state index in [9.17, 15) is 0 Å². The number of benzene rings is 1. The van der Waals surface area contributed by atoms with E-state index in [1.807, 2.05) is 24.3 Å². The molecule has 0 saturated heterocycles. The van der Waals surface area contributed by atoms with Crippen molar-refractivity contribution in [3.8, 4) is 5.75 Å². The maximum absolute atomic E-state index is 5.79. The van der Waals surface area contributed by atoms with Gasteiger partial charge in [0.25, 0.3) is 0 Å². The van der Waals surface area contributed by atoms with Gasteiger partial charge in [-0.05, 0) is 12.1 Å². The Hall–Kier alpha value is -1.63. The van der Waals surface area contributed by atoms with Crippen molar-refractivity contribution in [1.82, 2.24) is 0 Å². The average Bonchev–Trinajstić information content (AvgIpc) is 2.85. The van der Waals surface area contributed by atoms with Gasteiger partial charge in [0, 0.05) is 20.1 Å². The monoisotopic (exact) mass is 309 g/mol. The Balaban J connectivity index is 1.94. The van der Waals surface area contributed by atoms with E-state index in [1.165, 1.54) is 0 Å². The molecule has 6 heteroatoms. The maximum Gasteiger partial charge on any atom is 0.204 e. The van der Waals surface area contributed by atoms with Crippen molar-refractivity contribution in [1.29, 1.82) is 0 Å². The molecule has 0 spiro atoms. The van der Waals surface area contributed by atoms with Gasteiger partial charge in [0.2, 0.25) is 5.76 Å². The summed E-state index contributed by atoms with van der Waals surface area (Å²) in [5.74, 6) is 1.03. The highest BCUT2D eigenvalue weighted by Gasteiger charge is 2.17. The molecule has 1 aromatic carbocycles. The molecule has 0 amide bonds. The molecule has 2 N–H and O–H groups in total. The van der Waals surface area contributed by atoms with E-state index in [1.54, 1.807) is 7.11 Å². The predicted octanol–water partition coefficient (Wildman–Crippen LogP) is 2.50. The van der Waals surface area contributed by atoms with E-state index in [0.717, 1.165) is 11.8 Å². The van der Waals surface area contributed by atoms with E-state index in [-0.39, 0.29) is 4.99 Å². The second-order valence-corrected chi connectivity index (χ2v) is 4.87. The highest BCUT2D eigenvalue weighted by Crippen LogP contribution is 2.33. The fourth-order valence-electron chi connectivity index (χ4n) is 1.91. The topological polar surface area (TPSA) is 66.8 Å². The maximum atomic E-state index is 5.79. The lowest BCUT2D eigenvalue weighted by Crippen LogP contribution is -2.11. The summed E-state index contributed by atoms with van der Waals surface area (Å²) in [6.07, 6.45) is 0.764. The molecule has 0 aliphatic rings. The molecule has 2 aromatic rings. The van der Waals surface area contributed by atoms with Crippen LogP contribution in [-0.4, -0.2) is 38.5 Å². The molecule has 2 rings (SSSR count). The number of hydrogen-bond acceptors (Lipinski definition) is 5. The molecule has 21 heavy (non-hydrogen) atoms. The second kappa shape index (κ2) is 7.97. The zero-order valence-electron chi connectivity index (χ0n) is 12.0. The Kier molecular flexibility index (Phi) is 5.98. The van der Waals surface area contributed by atoms with Crippen LogP contribution in [0.5, 0.6) is 5.75 Å². The minimum atomic E-state index is 0.192. The van der Waals surface area contributed by atoms with Crippen LogP contribution in [0.1, 0.15) is 12.2 Å². The Bertz CT molecular complexity index is 596. The lowest BCUT2D eigenvalue weighted by atomic mass is 10.2. The summed E-state index contributed by atoms with van der Waals surface area (Å²) in [6.45, 7) is 2.30. The molecule has 1 heterocycles. The minimum Gasteiger partial charge on any atom is -0.489 e. The summed E-state index contributed by atoms with van der Waals surface area (Å²) < 4.78 is 21.7. The van der Waals surface area contributed by atoms with Crippen LogP contribution < -0.4 is 10.5 Å². The summed E-state index contributed by atoms with van der Waals surface area (Å²) in [6, 6.07) is 7.59. The summed E-state index contributed by atoms with van der Waals surface area (Å²) in [7, 11) is 1.65. The van der Waals surface area contributed by atoms with E-state index in [2.05, 4.69) is 0 Å². The van der Waals surface area contributed by atoms with Crippen molar-refractivity contribution >= 4 is 28.2 Å². The van der Waals surface area contributed by atoms with Gasteiger partial charge in [-0.25, -0.2) is 0 Å². The first-order valence-corrected chi connectivity index (χ1v) is 7.15. The number of thiocarbonyl (C=S) groups is 1. The predicted molar refractivity (Wildman–Crippen MR) is 84.9 cm³/mol. The van der Waals surface area contributed by atoms with Crippen LogP contribution in [0, 0.1) is 0 Å². The number of ether oxygens (including phenoxy) is 3. The molecule has 0 radical (unpaired) electrons. The van der Waals surface area contributed by atoms with Gasteiger partial charge in [0.1, 0.15) is 10.6 Å². The molecule has 0 unspecified atom stereocenters. The van der Waals surface area contributed by atoms with Gasteiger partial charge < -0.3 is 24.4 Å². The Morgan fingerprint density at radius 2 is 2.00 bits per heavy atom. The van der Waals surface area contributed by atoms with E-state index in [0.29, 0.717) is 43.5 Å². The third-order valence-electron chi connectivity index (χ3n) is 2.88. The lowest BCUT2D eigenvalue weighted by Gasteiger charge is -2.07. The molecule has 0 atom stereocenters. The number of furan rings is 1. The SMILES string of the molecule is COCCOCCCOc1c(C(N)=S)oc2ccccc12. The molecular formula is C15H19NO4S. The first-order chi connectivity index (χ1) is 10.2. The minimum absolute atomic E-state index is 0.192. The van der Waals surface area contributed by atoms with Gasteiger partial charge >= 0.3 is 0 Å². The van der Waals surface area contributed by atoms with Crippen LogP contribution in [0.15, 0.2) is 28.7 Å². The molecule has 0 aliphatic carbocycles. The van der Waals surface area contributed by atoms with Crippen molar-refractivity contribution in [3.05, 3.63) is 30.0 Å². The fraction of sp³-hybridized carbons (Fsp3) is 0.400. The third kappa shape index (κ3) is 4.17. The first kappa shape index (κ1) is 15.8. The van der Waals surface area contributed by atoms with E-state index < -0.39 is 0 Å². The van der Waals surface area contributed by atoms with Crippen molar-refractivity contribution in [2.75, 3.05) is 33.5 Å². The van der Waals surface area contributed by atoms with Gasteiger partial charge in [-0.3, -0.25) is 0 Å². The molecular weight excluding hydrogens is 290 g/mol. The van der Waals surface area contributed by atoms with Gasteiger partial charge in [-0.1, -0.05) is 24.4 Å². The van der Waals surface area contributed by atoms with Crippen LogP contribution in [0.2, 0.25) is 0 Å². The number of nitrogens with two attached hydrogens (primary N) is 1. The highest BCUT2D eigenvalue weighted by molar-refractivity contribution is 7.80. The molecule has 0 fully saturated rings. The van der Waals surface area contributed by atoms with E-state index >= 15 is 0 Å². The van der Waals surface area contributed by atoms with Crippen LogP contribution in [-0.2, 0) is 9.47 Å². The summed E-state index contributed by atoms with van der Waals surface area (Å²) in [5, 5.41) is 0.876. The zero-order valence-corrected chi connectivity index (χ0v) is 12.8. The van der Waals surface area contributed by atoms with Crippen LogP contribution in [0.3, 0.4) is 0 Å². The highest BCUT2D eigenvalue weighted by atomic mass is 32.1. The number of para-hydroxylation sites is 1. The number of fused-ring (bicyclic) bond motifs is 1. The second-order valence-electron chi connectivity index (χ2n) is 4.43. The Morgan fingerprint density at radius 3 is 2.76 bits per heavy atom. The standard InChI is InChI=1S/C15H19NO4S/c1-17-9-10-18-7-4-8-19-13-11-5-2-3-6-12(11)20-14(13)15(16)21/h2-3,5-6H,4,7-10H2,1H3,(H2,16,21). The third-order valence-corrected chi connectivity index (χ3v) is 3.07. The number of methoxy groups -OCH3 is 1. The fourth-order valence-corrected chi connectivity index (χ4v) is 2.04. The van der Waals surface area contributed by atoms with Crippen molar-refractivity contribution in [3.63, 3.8) is 0 Å². The van der Waals surface area contributed by atoms with E-state index in [4.69, 9.17) is 36.6 Å². The Morgan fingerprint density at radius 1 is 1.19 bits per heavy atom. The number of rotatable bonds is 9. The molecule has 114 valence electrons. The smallest absolute Gasteiger partial charge is 0.204 e. The summed E-state index contributed by atoms with van der Waals surface area (Å²) >= 11 is 5.01. The van der Waals surface area contributed by atoms with Crippen molar-refractivity contribution < 1.29 is 18.6 Å². The van der Waals surface area contributed by atoms with Crippen molar-refractivity contribution in [2.24, 2.45) is 5.73 Å². The average molecular weight is 309 g/mol. The first-order valence-electron chi connectivity index (χ1n) is 6.75. The summed E-state index contributed by atoms with van der Waals surface area (Å²) in [4.78, 5) is 0.192. The lowest BCUT2D eigenvalue weighted by molar-refractivity contribution is 0.0644. The van der Waals surface area contributed by atoms with Crippen LogP contribution >= 0.6 is 12.2 Å². The largest absolute Gasteiger partial charge is 0.489 e. The van der Waals surface area contributed by atoms with Gasteiger partial charge in [0.05, 0.1) is 25.2 Å². The Labute approximate surface area is 129 Å². The molecule has 1 aromatic heterocycles. The normalized spacial score (nSPS) is 10.9. The molecule has 5 nitrogen and oxygen atoms in total. The molecule has 0 bridgehead atoms. The van der Waals surface area contributed by atoms with Gasteiger partial charge in [0.15, 0.2) is 5.75 Å². The quantitative estimate of drug-likeness (QED) is 0.567. The van der Waals surface area contributed by atoms with Crippen LogP contribution in [0.25, 0.3) is 11.0 Å².